The first kappa shape index (κ1) is 16.7. The Morgan fingerprint density at radius 3 is 2.84 bits per heavy atom. The molecule has 5 atom stereocenters. The molecule has 1 aromatic carbocycles. The summed E-state index contributed by atoms with van der Waals surface area (Å²) in [6, 6.07) is 6.10. The maximum Gasteiger partial charge on any atom is 0.308 e. The van der Waals surface area contributed by atoms with Gasteiger partial charge >= 0.3 is 5.97 Å². The number of ether oxygens (including phenoxy) is 1. The summed E-state index contributed by atoms with van der Waals surface area (Å²) in [4.78, 5) is 11.2. The van der Waals surface area contributed by atoms with Crippen LogP contribution in [0.15, 0.2) is 18.2 Å². The summed E-state index contributed by atoms with van der Waals surface area (Å²) in [6.45, 7) is 3.64. The Kier molecular flexibility index (Phi) is 3.74. The molecule has 132 valence electrons. The molecule has 0 radical (unpaired) electrons. The molecule has 0 unspecified atom stereocenters. The molecule has 0 saturated heterocycles. The van der Waals surface area contributed by atoms with E-state index in [1.807, 2.05) is 12.1 Å². The quantitative estimate of drug-likeness (QED) is 0.481. The van der Waals surface area contributed by atoms with Gasteiger partial charge in [-0.3, -0.25) is 4.79 Å². The predicted octanol–water partition coefficient (Wildman–Crippen LogP) is 3.83. The van der Waals surface area contributed by atoms with Crippen LogP contribution in [0.4, 0.5) is 0 Å². The number of benzene rings is 1. The summed E-state index contributed by atoms with van der Waals surface area (Å²) in [5.74, 6) is 4.72. The van der Waals surface area contributed by atoms with Gasteiger partial charge in [0.05, 0.1) is 0 Å². The number of esters is 1. The summed E-state index contributed by atoms with van der Waals surface area (Å²) >= 11 is 0. The number of fused-ring (bicyclic) bond motifs is 5. The van der Waals surface area contributed by atoms with E-state index in [4.69, 9.17) is 11.2 Å². The molecule has 3 aliphatic rings. The first-order chi connectivity index (χ1) is 11.9. The minimum atomic E-state index is -0.942. The molecule has 0 aromatic heterocycles. The molecule has 1 aromatic rings. The fourth-order valence-electron chi connectivity index (χ4n) is 6.04. The second-order valence-corrected chi connectivity index (χ2v) is 8.37. The first-order valence-corrected chi connectivity index (χ1v) is 9.39. The van der Waals surface area contributed by atoms with Gasteiger partial charge in [-0.15, -0.1) is 6.42 Å². The highest BCUT2D eigenvalue weighted by Crippen LogP contribution is 2.64. The number of aryl methyl sites for hydroxylation is 1. The van der Waals surface area contributed by atoms with Crippen LogP contribution in [-0.4, -0.2) is 16.7 Å². The van der Waals surface area contributed by atoms with Gasteiger partial charge < -0.3 is 9.84 Å². The lowest BCUT2D eigenvalue weighted by Gasteiger charge is -2.52. The highest BCUT2D eigenvalue weighted by Gasteiger charge is 2.61. The van der Waals surface area contributed by atoms with Crippen molar-refractivity contribution in [3.05, 3.63) is 29.3 Å². The summed E-state index contributed by atoms with van der Waals surface area (Å²) in [7, 11) is 0. The average molecular weight is 338 g/mol. The van der Waals surface area contributed by atoms with Crippen molar-refractivity contribution >= 4 is 5.97 Å². The van der Waals surface area contributed by atoms with E-state index in [1.54, 1.807) is 0 Å². The van der Waals surface area contributed by atoms with Crippen LogP contribution in [0.5, 0.6) is 5.75 Å². The zero-order valence-electron chi connectivity index (χ0n) is 15.0. The number of terminal acetylenes is 1. The van der Waals surface area contributed by atoms with Gasteiger partial charge in [-0.2, -0.15) is 0 Å². The fourth-order valence-corrected chi connectivity index (χ4v) is 6.04. The molecule has 0 amide bonds. The third kappa shape index (κ3) is 2.34. The summed E-state index contributed by atoms with van der Waals surface area (Å²) < 4.78 is 5.25. The van der Waals surface area contributed by atoms with Crippen LogP contribution in [0, 0.1) is 29.6 Å². The van der Waals surface area contributed by atoms with E-state index in [2.05, 4.69) is 18.9 Å². The Balaban J connectivity index is 1.65. The van der Waals surface area contributed by atoms with Crippen molar-refractivity contribution < 1.29 is 14.6 Å². The predicted molar refractivity (Wildman–Crippen MR) is 96.2 cm³/mol. The topological polar surface area (TPSA) is 46.5 Å². The van der Waals surface area contributed by atoms with Gasteiger partial charge in [-0.1, -0.05) is 18.9 Å². The molecule has 0 aliphatic heterocycles. The summed E-state index contributed by atoms with van der Waals surface area (Å²) in [5, 5.41) is 11.0. The molecule has 2 saturated carbocycles. The van der Waals surface area contributed by atoms with E-state index in [0.717, 1.165) is 38.5 Å². The number of carbonyl (C=O) groups excluding carboxylic acids is 1. The highest BCUT2D eigenvalue weighted by atomic mass is 16.5. The first-order valence-electron chi connectivity index (χ1n) is 9.39. The summed E-state index contributed by atoms with van der Waals surface area (Å²) in [5.41, 5.74) is 1.62. The standard InChI is InChI=1S/C22H26O3/c1-4-22(24)12-10-20-19-7-5-15-13-16(25-14(2)23)6-8-17(15)18(19)9-11-21(20,22)3/h1,6,8,13,18-20,24H,5,7,9-12H2,2-3H3/t18-,19+,20+,21+,22+/m1/s1. The zero-order chi connectivity index (χ0) is 17.8. The largest absolute Gasteiger partial charge is 0.427 e. The third-order valence-corrected chi connectivity index (χ3v) is 7.35. The normalized spacial score (nSPS) is 38.9. The molecule has 25 heavy (non-hydrogen) atoms. The Morgan fingerprint density at radius 2 is 2.12 bits per heavy atom. The van der Waals surface area contributed by atoms with Gasteiger partial charge in [0.25, 0.3) is 0 Å². The van der Waals surface area contributed by atoms with Crippen molar-refractivity contribution in [2.45, 2.75) is 63.9 Å². The minimum absolute atomic E-state index is 0.155. The maximum absolute atomic E-state index is 11.2. The number of hydrogen-bond donors (Lipinski definition) is 1. The molecular formula is C22H26O3. The van der Waals surface area contributed by atoms with Crippen LogP contribution >= 0.6 is 0 Å². The van der Waals surface area contributed by atoms with Gasteiger partial charge in [0, 0.05) is 12.3 Å². The van der Waals surface area contributed by atoms with Crippen molar-refractivity contribution in [3.63, 3.8) is 0 Å². The average Bonchev–Trinajstić information content (AvgIpc) is 2.86. The Bertz CT molecular complexity index is 761. The monoisotopic (exact) mass is 338 g/mol. The number of rotatable bonds is 1. The lowest BCUT2D eigenvalue weighted by Crippen LogP contribution is -2.50. The Hall–Kier alpha value is -1.79. The SMILES string of the molecule is C#C[C@]1(O)CC[C@H]2[C@H]3CCc4cc(OC(C)=O)ccc4[C@H]3CC[C@@]21C. The van der Waals surface area contributed by atoms with Crippen LogP contribution in [0.3, 0.4) is 0 Å². The Labute approximate surface area is 149 Å². The van der Waals surface area contributed by atoms with Crippen LogP contribution in [-0.2, 0) is 11.2 Å². The van der Waals surface area contributed by atoms with Crippen LogP contribution in [0.25, 0.3) is 0 Å². The van der Waals surface area contributed by atoms with Crippen LogP contribution in [0.1, 0.15) is 63.0 Å². The lowest BCUT2D eigenvalue weighted by molar-refractivity contribution is -0.131. The molecule has 3 heteroatoms. The molecule has 0 bridgehead atoms. The van der Waals surface area contributed by atoms with E-state index in [0.29, 0.717) is 23.5 Å². The van der Waals surface area contributed by atoms with Crippen LogP contribution < -0.4 is 4.74 Å². The van der Waals surface area contributed by atoms with E-state index >= 15 is 0 Å². The van der Waals surface area contributed by atoms with Crippen LogP contribution in [0.2, 0.25) is 0 Å². The molecule has 2 fully saturated rings. The molecule has 0 spiro atoms. The third-order valence-electron chi connectivity index (χ3n) is 7.35. The molecule has 0 heterocycles. The number of aliphatic hydroxyl groups is 1. The van der Waals surface area contributed by atoms with Gasteiger partial charge in [-0.25, -0.2) is 0 Å². The minimum Gasteiger partial charge on any atom is -0.427 e. The molecule has 3 nitrogen and oxygen atoms in total. The van der Waals surface area contributed by atoms with Crippen molar-refractivity contribution in [1.29, 1.82) is 0 Å². The van der Waals surface area contributed by atoms with Crippen molar-refractivity contribution in [2.75, 3.05) is 0 Å². The van der Waals surface area contributed by atoms with Crippen molar-refractivity contribution in [1.82, 2.24) is 0 Å². The fraction of sp³-hybridized carbons (Fsp3) is 0.591. The van der Waals surface area contributed by atoms with E-state index in [1.165, 1.54) is 18.1 Å². The van der Waals surface area contributed by atoms with E-state index in [-0.39, 0.29) is 11.4 Å². The summed E-state index contributed by atoms with van der Waals surface area (Å²) in [6.07, 6.45) is 11.7. The lowest BCUT2D eigenvalue weighted by atomic mass is 9.53. The zero-order valence-corrected chi connectivity index (χ0v) is 15.0. The number of hydrogen-bond acceptors (Lipinski definition) is 3. The van der Waals surface area contributed by atoms with Gasteiger partial charge in [0.15, 0.2) is 0 Å². The molecule has 1 N–H and O–H groups in total. The van der Waals surface area contributed by atoms with Gasteiger partial charge in [0.2, 0.25) is 0 Å². The molecule has 4 rings (SSSR count). The molecule has 3 aliphatic carbocycles. The van der Waals surface area contributed by atoms with E-state index < -0.39 is 5.60 Å². The Morgan fingerprint density at radius 1 is 1.32 bits per heavy atom. The number of carbonyl (C=O) groups is 1. The molecular weight excluding hydrogens is 312 g/mol. The maximum atomic E-state index is 11.2. The second-order valence-electron chi connectivity index (χ2n) is 8.37. The van der Waals surface area contributed by atoms with Crippen molar-refractivity contribution in [2.24, 2.45) is 17.3 Å². The smallest absolute Gasteiger partial charge is 0.308 e. The van der Waals surface area contributed by atoms with Gasteiger partial charge in [-0.05, 0) is 79.5 Å². The van der Waals surface area contributed by atoms with E-state index in [9.17, 15) is 9.90 Å². The second kappa shape index (κ2) is 5.61. The highest BCUT2D eigenvalue weighted by molar-refractivity contribution is 5.69. The van der Waals surface area contributed by atoms with Gasteiger partial charge in [0.1, 0.15) is 11.4 Å². The van der Waals surface area contributed by atoms with Crippen molar-refractivity contribution in [3.8, 4) is 18.1 Å².